The van der Waals surface area contributed by atoms with Gasteiger partial charge in [0.05, 0.1) is 31.1 Å². The average molecular weight is 525 g/mol. The first-order valence-electron chi connectivity index (χ1n) is 13.1. The second-order valence-electron chi connectivity index (χ2n) is 9.16. The van der Waals surface area contributed by atoms with Gasteiger partial charge in [-0.15, -0.1) is 5.53 Å². The van der Waals surface area contributed by atoms with E-state index in [2.05, 4.69) is 28.1 Å². The molecule has 0 unspecified atom stereocenters. The monoisotopic (exact) mass is 524 g/mol. The quantitative estimate of drug-likeness (QED) is 0.262. The number of hydrazine groups is 2. The standard InChI is InChI=1S/C31H32N4O4/c1-3-37-31(36)29-28(35(34-33-29)21-24-10-6-4-7-11-24)20-23-14-16-26(17-15-23)38-19-18-27-22(2)39-30(32-27)25-12-8-5-9-13-25/h4-17,33-34H,3,18-21H2,1-2H3. The van der Waals surface area contributed by atoms with Crippen molar-refractivity contribution >= 4 is 5.97 Å². The lowest BCUT2D eigenvalue weighted by Gasteiger charge is -2.21. The number of aryl methyl sites for hydroxylation is 1. The topological polar surface area (TPSA) is 88.9 Å². The number of rotatable bonds is 11. The van der Waals surface area contributed by atoms with Crippen LogP contribution in [0.25, 0.3) is 11.5 Å². The number of carbonyl (C=O) groups excluding carboxylic acids is 1. The fraction of sp³-hybridized carbons (Fsp3) is 0.226. The van der Waals surface area contributed by atoms with Gasteiger partial charge in [0.1, 0.15) is 11.5 Å². The van der Waals surface area contributed by atoms with Gasteiger partial charge >= 0.3 is 5.97 Å². The maximum absolute atomic E-state index is 12.6. The van der Waals surface area contributed by atoms with Crippen molar-refractivity contribution in [3.05, 3.63) is 119 Å². The lowest BCUT2D eigenvalue weighted by molar-refractivity contribution is -0.139. The largest absolute Gasteiger partial charge is 0.493 e. The molecule has 0 atom stereocenters. The number of nitrogens with one attached hydrogen (secondary N) is 2. The number of oxazole rings is 1. The maximum Gasteiger partial charge on any atom is 0.357 e. The van der Waals surface area contributed by atoms with Crippen LogP contribution in [0.1, 0.15) is 29.5 Å². The van der Waals surface area contributed by atoms with E-state index < -0.39 is 0 Å². The van der Waals surface area contributed by atoms with Gasteiger partial charge in [-0.05, 0) is 49.2 Å². The SMILES string of the molecule is CCOC(=O)C1=C(Cc2ccc(OCCc3nc(-c4ccccc4)oc3C)cc2)N(Cc2ccccc2)NN1. The van der Waals surface area contributed by atoms with Crippen LogP contribution in [0.4, 0.5) is 0 Å². The van der Waals surface area contributed by atoms with Crippen LogP contribution < -0.4 is 15.7 Å². The zero-order valence-electron chi connectivity index (χ0n) is 22.1. The number of esters is 1. The van der Waals surface area contributed by atoms with Crippen molar-refractivity contribution < 1.29 is 18.7 Å². The van der Waals surface area contributed by atoms with Crippen LogP contribution in [0, 0.1) is 6.92 Å². The smallest absolute Gasteiger partial charge is 0.357 e. The Morgan fingerprint density at radius 1 is 0.949 bits per heavy atom. The zero-order chi connectivity index (χ0) is 27.0. The molecule has 1 aliphatic rings. The van der Waals surface area contributed by atoms with Crippen molar-refractivity contribution in [2.75, 3.05) is 13.2 Å². The van der Waals surface area contributed by atoms with Crippen molar-refractivity contribution in [1.82, 2.24) is 21.0 Å². The molecule has 0 aliphatic carbocycles. The summed E-state index contributed by atoms with van der Waals surface area (Å²) in [4.78, 5) is 17.2. The van der Waals surface area contributed by atoms with E-state index in [1.165, 1.54) is 0 Å². The molecular weight excluding hydrogens is 492 g/mol. The van der Waals surface area contributed by atoms with Gasteiger partial charge in [-0.25, -0.2) is 9.78 Å². The third-order valence-corrected chi connectivity index (χ3v) is 6.41. The predicted octanol–water partition coefficient (Wildman–Crippen LogP) is 5.11. The summed E-state index contributed by atoms with van der Waals surface area (Å²) in [5.41, 5.74) is 11.4. The lowest BCUT2D eigenvalue weighted by atomic mass is 10.1. The normalized spacial score (nSPS) is 12.9. The zero-order valence-corrected chi connectivity index (χ0v) is 22.1. The van der Waals surface area contributed by atoms with Gasteiger partial charge in [0.25, 0.3) is 0 Å². The van der Waals surface area contributed by atoms with Gasteiger partial charge in [0.15, 0.2) is 5.70 Å². The lowest BCUT2D eigenvalue weighted by Crippen LogP contribution is -2.38. The molecule has 5 rings (SSSR count). The number of allylic oxidation sites excluding steroid dienone is 1. The molecule has 39 heavy (non-hydrogen) atoms. The Kier molecular flexibility index (Phi) is 8.23. The minimum Gasteiger partial charge on any atom is -0.493 e. The first kappa shape index (κ1) is 26.1. The molecule has 1 aromatic heterocycles. The Morgan fingerprint density at radius 3 is 2.38 bits per heavy atom. The van der Waals surface area contributed by atoms with E-state index in [1.54, 1.807) is 6.92 Å². The number of nitrogens with zero attached hydrogens (tertiary/aromatic N) is 2. The van der Waals surface area contributed by atoms with Crippen LogP contribution in [0.2, 0.25) is 0 Å². The minimum absolute atomic E-state index is 0.309. The summed E-state index contributed by atoms with van der Waals surface area (Å²) in [6, 6.07) is 27.9. The molecule has 3 aromatic carbocycles. The summed E-state index contributed by atoms with van der Waals surface area (Å²) in [6.07, 6.45) is 1.19. The molecule has 2 heterocycles. The summed E-state index contributed by atoms with van der Waals surface area (Å²) in [5.74, 6) is 1.82. The van der Waals surface area contributed by atoms with Gasteiger partial charge in [-0.2, -0.15) is 0 Å². The van der Waals surface area contributed by atoms with Gasteiger partial charge in [-0.1, -0.05) is 60.7 Å². The number of hydrogen-bond donors (Lipinski definition) is 2. The fourth-order valence-corrected chi connectivity index (χ4v) is 4.38. The Bertz CT molecular complexity index is 1420. The number of carbonyl (C=O) groups is 1. The summed E-state index contributed by atoms with van der Waals surface area (Å²) in [6.45, 7) is 5.12. The van der Waals surface area contributed by atoms with Crippen LogP contribution in [-0.4, -0.2) is 29.2 Å². The summed E-state index contributed by atoms with van der Waals surface area (Å²) >= 11 is 0. The van der Waals surface area contributed by atoms with Gasteiger partial charge in [0.2, 0.25) is 5.89 Å². The molecule has 0 saturated carbocycles. The third kappa shape index (κ3) is 6.48. The van der Waals surface area contributed by atoms with Gasteiger partial charge in [0, 0.05) is 18.4 Å². The highest BCUT2D eigenvalue weighted by Crippen LogP contribution is 2.24. The van der Waals surface area contributed by atoms with Crippen LogP contribution in [0.15, 0.2) is 101 Å². The van der Waals surface area contributed by atoms with Crippen molar-refractivity contribution in [1.29, 1.82) is 0 Å². The fourth-order valence-electron chi connectivity index (χ4n) is 4.38. The molecule has 0 radical (unpaired) electrons. The average Bonchev–Trinajstić information content (AvgIpc) is 3.53. The first-order chi connectivity index (χ1) is 19.1. The number of hydrogen-bond acceptors (Lipinski definition) is 8. The van der Waals surface area contributed by atoms with Crippen LogP contribution in [0.3, 0.4) is 0 Å². The number of benzene rings is 3. The molecule has 200 valence electrons. The summed E-state index contributed by atoms with van der Waals surface area (Å²) in [7, 11) is 0. The Hall–Kier alpha value is -4.56. The van der Waals surface area contributed by atoms with Crippen LogP contribution in [0.5, 0.6) is 5.75 Å². The molecular formula is C31H32N4O4. The summed E-state index contributed by atoms with van der Waals surface area (Å²) in [5, 5.41) is 1.94. The Balaban J connectivity index is 1.22. The van der Waals surface area contributed by atoms with E-state index in [-0.39, 0.29) is 5.97 Å². The van der Waals surface area contributed by atoms with Gasteiger partial charge in [-0.3, -0.25) is 10.4 Å². The molecule has 8 nitrogen and oxygen atoms in total. The molecule has 0 saturated heterocycles. The molecule has 0 fully saturated rings. The van der Waals surface area contributed by atoms with Crippen molar-refractivity contribution in [2.45, 2.75) is 33.2 Å². The van der Waals surface area contributed by atoms with Crippen LogP contribution in [-0.2, 0) is 28.9 Å². The Morgan fingerprint density at radius 2 is 1.67 bits per heavy atom. The second kappa shape index (κ2) is 12.3. The van der Waals surface area contributed by atoms with Crippen molar-refractivity contribution in [2.24, 2.45) is 0 Å². The molecule has 1 aliphatic heterocycles. The molecule has 0 spiro atoms. The van der Waals surface area contributed by atoms with E-state index in [1.807, 2.05) is 84.7 Å². The third-order valence-electron chi connectivity index (χ3n) is 6.41. The highest BCUT2D eigenvalue weighted by atomic mass is 16.5. The molecule has 0 bridgehead atoms. The van der Waals surface area contributed by atoms with Crippen LogP contribution >= 0.6 is 0 Å². The van der Waals surface area contributed by atoms with Crippen molar-refractivity contribution in [3.8, 4) is 17.2 Å². The molecule has 0 amide bonds. The number of ether oxygens (including phenoxy) is 2. The Labute approximate surface area is 228 Å². The molecule has 2 N–H and O–H groups in total. The highest BCUT2D eigenvalue weighted by Gasteiger charge is 2.28. The van der Waals surface area contributed by atoms with E-state index in [9.17, 15) is 4.79 Å². The van der Waals surface area contributed by atoms with E-state index >= 15 is 0 Å². The van der Waals surface area contributed by atoms with E-state index in [0.717, 1.165) is 39.6 Å². The minimum atomic E-state index is -0.380. The highest BCUT2D eigenvalue weighted by molar-refractivity contribution is 5.89. The maximum atomic E-state index is 12.6. The van der Waals surface area contributed by atoms with E-state index in [0.29, 0.717) is 44.2 Å². The predicted molar refractivity (Wildman–Crippen MR) is 148 cm³/mol. The summed E-state index contributed by atoms with van der Waals surface area (Å²) < 4.78 is 17.1. The van der Waals surface area contributed by atoms with Crippen molar-refractivity contribution in [3.63, 3.8) is 0 Å². The molecule has 8 heteroatoms. The molecule has 4 aromatic rings. The van der Waals surface area contributed by atoms with E-state index in [4.69, 9.17) is 13.9 Å². The van der Waals surface area contributed by atoms with Gasteiger partial charge < -0.3 is 13.9 Å². The second-order valence-corrected chi connectivity index (χ2v) is 9.16. The number of aromatic nitrogens is 1. The first-order valence-corrected chi connectivity index (χ1v) is 13.1.